The van der Waals surface area contributed by atoms with E-state index in [1.807, 2.05) is 20.8 Å². The van der Waals surface area contributed by atoms with Crippen LogP contribution in [0.4, 0.5) is 0 Å². The van der Waals surface area contributed by atoms with E-state index in [0.29, 0.717) is 18.4 Å². The number of fused-ring (bicyclic) bond motifs is 1. The van der Waals surface area contributed by atoms with Crippen LogP contribution in [-0.4, -0.2) is 37.4 Å². The minimum Gasteiger partial charge on any atom is -0.463 e. The Morgan fingerprint density at radius 1 is 1.18 bits per heavy atom. The summed E-state index contributed by atoms with van der Waals surface area (Å²) in [4.78, 5) is 23.7. The number of rotatable bonds is 4. The van der Waals surface area contributed by atoms with Crippen molar-refractivity contribution in [2.24, 2.45) is 23.2 Å². The molecule has 0 spiro atoms. The SMILES string of the molecule is CC(C)(C)C(=O)OCCOC1C2CC3CC(C2)C(=O)OC1C3. The summed E-state index contributed by atoms with van der Waals surface area (Å²) in [5, 5.41) is 0. The van der Waals surface area contributed by atoms with E-state index in [1.54, 1.807) is 0 Å². The van der Waals surface area contributed by atoms with Crippen LogP contribution in [0.15, 0.2) is 0 Å². The lowest BCUT2D eigenvalue weighted by Gasteiger charge is -2.41. The monoisotopic (exact) mass is 310 g/mol. The molecule has 0 aromatic heterocycles. The molecule has 0 aromatic rings. The van der Waals surface area contributed by atoms with Crippen LogP contribution >= 0.6 is 0 Å². The van der Waals surface area contributed by atoms with E-state index in [1.165, 1.54) is 0 Å². The molecule has 4 rings (SSSR count). The number of esters is 2. The molecule has 2 saturated carbocycles. The van der Waals surface area contributed by atoms with Crippen molar-refractivity contribution in [1.29, 1.82) is 0 Å². The van der Waals surface area contributed by atoms with Crippen LogP contribution < -0.4 is 0 Å². The Morgan fingerprint density at radius 3 is 2.68 bits per heavy atom. The van der Waals surface area contributed by atoms with Crippen LogP contribution in [0, 0.1) is 23.2 Å². The van der Waals surface area contributed by atoms with Crippen LogP contribution in [0.3, 0.4) is 0 Å². The summed E-state index contributed by atoms with van der Waals surface area (Å²) in [6.07, 6.45) is 3.79. The summed E-state index contributed by atoms with van der Waals surface area (Å²) < 4.78 is 16.8. The highest BCUT2D eigenvalue weighted by atomic mass is 16.6. The number of ether oxygens (including phenoxy) is 3. The average Bonchev–Trinajstić information content (AvgIpc) is 2.59. The Labute approximate surface area is 131 Å². The van der Waals surface area contributed by atoms with Crippen LogP contribution in [0.25, 0.3) is 0 Å². The Hall–Kier alpha value is -1.10. The third-order valence-corrected chi connectivity index (χ3v) is 5.08. The van der Waals surface area contributed by atoms with Crippen LogP contribution in [0.2, 0.25) is 0 Å². The first-order valence-electron chi connectivity index (χ1n) is 8.34. The number of carbonyl (C=O) groups is 2. The predicted octanol–water partition coefficient (Wildman–Crippen LogP) is 2.32. The van der Waals surface area contributed by atoms with E-state index < -0.39 is 5.41 Å². The fourth-order valence-electron chi connectivity index (χ4n) is 4.04. The molecule has 0 aromatic carbocycles. The van der Waals surface area contributed by atoms with Gasteiger partial charge in [-0.15, -0.1) is 0 Å². The van der Waals surface area contributed by atoms with Gasteiger partial charge in [-0.2, -0.15) is 0 Å². The van der Waals surface area contributed by atoms with Gasteiger partial charge in [-0.1, -0.05) is 0 Å². The Balaban J connectivity index is 1.51. The Bertz CT molecular complexity index is 452. The summed E-state index contributed by atoms with van der Waals surface area (Å²) in [6, 6.07) is 0. The molecule has 2 heterocycles. The highest BCUT2D eigenvalue weighted by Gasteiger charge is 2.50. The number of carbonyl (C=O) groups excluding carboxylic acids is 2. The van der Waals surface area contributed by atoms with Crippen LogP contribution in [0.1, 0.15) is 46.5 Å². The van der Waals surface area contributed by atoms with Gasteiger partial charge in [0.15, 0.2) is 0 Å². The first kappa shape index (κ1) is 15.8. The van der Waals surface area contributed by atoms with E-state index in [9.17, 15) is 9.59 Å². The molecule has 2 aliphatic heterocycles. The fraction of sp³-hybridized carbons (Fsp3) is 0.882. The summed E-state index contributed by atoms with van der Waals surface area (Å²) >= 11 is 0. The van der Waals surface area contributed by atoms with Crippen molar-refractivity contribution in [3.8, 4) is 0 Å². The van der Waals surface area contributed by atoms with Crippen molar-refractivity contribution in [3.05, 3.63) is 0 Å². The van der Waals surface area contributed by atoms with E-state index in [2.05, 4.69) is 0 Å². The largest absolute Gasteiger partial charge is 0.463 e. The molecule has 2 aliphatic carbocycles. The Morgan fingerprint density at radius 2 is 1.95 bits per heavy atom. The zero-order valence-electron chi connectivity index (χ0n) is 13.7. The zero-order valence-corrected chi connectivity index (χ0v) is 13.7. The lowest BCUT2D eigenvalue weighted by atomic mass is 9.67. The fourth-order valence-corrected chi connectivity index (χ4v) is 4.04. The smallest absolute Gasteiger partial charge is 0.311 e. The molecule has 22 heavy (non-hydrogen) atoms. The van der Waals surface area contributed by atoms with E-state index in [0.717, 1.165) is 25.7 Å². The molecule has 0 radical (unpaired) electrons. The van der Waals surface area contributed by atoms with Crippen molar-refractivity contribution in [2.75, 3.05) is 13.2 Å². The minimum absolute atomic E-state index is 0.0289. The van der Waals surface area contributed by atoms with Gasteiger partial charge in [0.1, 0.15) is 12.7 Å². The van der Waals surface area contributed by atoms with Crippen molar-refractivity contribution in [2.45, 2.75) is 58.7 Å². The van der Waals surface area contributed by atoms with Crippen molar-refractivity contribution >= 4 is 11.9 Å². The molecule has 0 N–H and O–H groups in total. The number of hydrogen-bond acceptors (Lipinski definition) is 5. The van der Waals surface area contributed by atoms with Crippen molar-refractivity contribution in [3.63, 3.8) is 0 Å². The van der Waals surface area contributed by atoms with E-state index in [-0.39, 0.29) is 36.7 Å². The summed E-state index contributed by atoms with van der Waals surface area (Å²) in [7, 11) is 0. The molecule has 5 atom stereocenters. The van der Waals surface area contributed by atoms with Crippen molar-refractivity contribution < 1.29 is 23.8 Å². The first-order valence-corrected chi connectivity index (χ1v) is 8.34. The maximum atomic E-state index is 12.0. The molecular weight excluding hydrogens is 284 g/mol. The molecule has 4 fully saturated rings. The Kier molecular flexibility index (Phi) is 4.19. The van der Waals surface area contributed by atoms with E-state index in [4.69, 9.17) is 14.2 Å². The molecule has 4 bridgehead atoms. The zero-order chi connectivity index (χ0) is 15.9. The maximum Gasteiger partial charge on any atom is 0.311 e. The van der Waals surface area contributed by atoms with E-state index >= 15 is 0 Å². The second-order valence-corrected chi connectivity index (χ2v) is 7.96. The topological polar surface area (TPSA) is 61.8 Å². The van der Waals surface area contributed by atoms with Gasteiger partial charge in [-0.05, 0) is 58.3 Å². The number of hydrogen-bond donors (Lipinski definition) is 0. The third kappa shape index (κ3) is 3.14. The average molecular weight is 310 g/mol. The molecule has 5 nitrogen and oxygen atoms in total. The lowest BCUT2D eigenvalue weighted by Crippen LogP contribution is -2.44. The summed E-state index contributed by atoms with van der Waals surface area (Å²) in [5.41, 5.74) is -0.490. The van der Waals surface area contributed by atoms with Crippen LogP contribution in [-0.2, 0) is 23.8 Å². The van der Waals surface area contributed by atoms with Gasteiger partial charge in [0.25, 0.3) is 0 Å². The summed E-state index contributed by atoms with van der Waals surface area (Å²) in [5.74, 6) is 0.833. The molecule has 124 valence electrons. The van der Waals surface area contributed by atoms with Gasteiger partial charge in [-0.3, -0.25) is 9.59 Å². The van der Waals surface area contributed by atoms with Crippen molar-refractivity contribution in [1.82, 2.24) is 0 Å². The second-order valence-electron chi connectivity index (χ2n) is 7.96. The highest BCUT2D eigenvalue weighted by Crippen LogP contribution is 2.48. The predicted molar refractivity (Wildman–Crippen MR) is 79.0 cm³/mol. The van der Waals surface area contributed by atoms with Gasteiger partial charge < -0.3 is 14.2 Å². The molecular formula is C17H26O5. The van der Waals surface area contributed by atoms with Gasteiger partial charge in [-0.25, -0.2) is 0 Å². The highest BCUT2D eigenvalue weighted by molar-refractivity contribution is 5.75. The molecule has 5 unspecified atom stereocenters. The van der Waals surface area contributed by atoms with Gasteiger partial charge in [0.05, 0.1) is 24.0 Å². The third-order valence-electron chi connectivity index (χ3n) is 5.08. The van der Waals surface area contributed by atoms with Gasteiger partial charge in [0.2, 0.25) is 0 Å². The van der Waals surface area contributed by atoms with Crippen LogP contribution in [0.5, 0.6) is 0 Å². The standard InChI is InChI=1S/C17H26O5/c1-17(2,3)16(19)21-5-4-20-14-11-6-10-7-12(9-11)15(18)22-13(14)8-10/h10-14H,4-9H2,1-3H3. The first-order chi connectivity index (χ1) is 10.3. The molecule has 2 saturated heterocycles. The molecule has 4 aliphatic rings. The minimum atomic E-state index is -0.490. The quantitative estimate of drug-likeness (QED) is 0.589. The molecule has 5 heteroatoms. The maximum absolute atomic E-state index is 12.0. The van der Waals surface area contributed by atoms with Gasteiger partial charge >= 0.3 is 11.9 Å². The normalized spacial score (nSPS) is 36.9. The van der Waals surface area contributed by atoms with Gasteiger partial charge in [0, 0.05) is 0 Å². The summed E-state index contributed by atoms with van der Waals surface area (Å²) in [6.45, 7) is 6.12. The lowest BCUT2D eigenvalue weighted by molar-refractivity contribution is -0.164. The molecule has 0 amide bonds. The second kappa shape index (κ2) is 5.84.